The van der Waals surface area contributed by atoms with Crippen molar-refractivity contribution in [2.75, 3.05) is 0 Å². The first-order valence-corrected chi connectivity index (χ1v) is 8.26. The van der Waals surface area contributed by atoms with Crippen LogP contribution in [0.5, 0.6) is 0 Å². The monoisotopic (exact) mass is 286 g/mol. The highest BCUT2D eigenvalue weighted by Gasteiger charge is 2.47. The Labute approximate surface area is 127 Å². The van der Waals surface area contributed by atoms with Gasteiger partial charge in [-0.3, -0.25) is 4.79 Å². The number of carbonyl (C=O) groups excluding carboxylic acids is 1. The third-order valence-electron chi connectivity index (χ3n) is 5.85. The molecule has 2 aliphatic rings. The van der Waals surface area contributed by atoms with Gasteiger partial charge < -0.3 is 4.74 Å². The molecule has 0 radical (unpaired) electrons. The lowest BCUT2D eigenvalue weighted by Gasteiger charge is -2.50. The van der Waals surface area contributed by atoms with Gasteiger partial charge in [-0.1, -0.05) is 44.2 Å². The van der Waals surface area contributed by atoms with E-state index in [-0.39, 0.29) is 0 Å². The fourth-order valence-corrected chi connectivity index (χ4v) is 4.34. The zero-order valence-electron chi connectivity index (χ0n) is 13.2. The van der Waals surface area contributed by atoms with Crippen molar-refractivity contribution in [3.63, 3.8) is 0 Å². The van der Waals surface area contributed by atoms with Crippen molar-refractivity contribution < 1.29 is 9.53 Å². The molecule has 2 heteroatoms. The molecule has 3 rings (SSSR count). The van der Waals surface area contributed by atoms with E-state index < -0.39 is 0 Å². The van der Waals surface area contributed by atoms with E-state index in [9.17, 15) is 4.79 Å². The summed E-state index contributed by atoms with van der Waals surface area (Å²) in [5, 5.41) is 0. The number of carbonyl (C=O) groups is 1. The SMILES string of the molecule is C[C@H]1C2CC(=O)CC[C@@]2(C)CC[C@@H]1OCc1ccccc1. The van der Waals surface area contributed by atoms with Gasteiger partial charge in [-0.2, -0.15) is 0 Å². The Bertz CT molecular complexity index is 496. The molecular weight excluding hydrogens is 260 g/mol. The van der Waals surface area contributed by atoms with Crippen molar-refractivity contribution in [1.82, 2.24) is 0 Å². The van der Waals surface area contributed by atoms with Crippen LogP contribution in [0.25, 0.3) is 0 Å². The molecule has 0 aromatic heterocycles. The summed E-state index contributed by atoms with van der Waals surface area (Å²) in [6.07, 6.45) is 5.27. The van der Waals surface area contributed by atoms with Crippen LogP contribution in [0, 0.1) is 17.3 Å². The van der Waals surface area contributed by atoms with Crippen LogP contribution >= 0.6 is 0 Å². The molecule has 1 aromatic carbocycles. The normalized spacial score (nSPS) is 36.3. The van der Waals surface area contributed by atoms with Crippen molar-refractivity contribution in [3.05, 3.63) is 35.9 Å². The van der Waals surface area contributed by atoms with Crippen molar-refractivity contribution in [1.29, 1.82) is 0 Å². The molecule has 0 N–H and O–H groups in total. The van der Waals surface area contributed by atoms with Crippen LogP contribution in [0.3, 0.4) is 0 Å². The number of rotatable bonds is 3. The van der Waals surface area contributed by atoms with E-state index in [2.05, 4.69) is 38.1 Å². The maximum Gasteiger partial charge on any atom is 0.133 e. The van der Waals surface area contributed by atoms with Gasteiger partial charge in [-0.05, 0) is 42.1 Å². The van der Waals surface area contributed by atoms with Gasteiger partial charge in [0.2, 0.25) is 0 Å². The lowest BCUT2D eigenvalue weighted by molar-refractivity contribution is -0.135. The molecule has 2 aliphatic carbocycles. The first-order chi connectivity index (χ1) is 10.1. The zero-order valence-corrected chi connectivity index (χ0v) is 13.2. The molecule has 0 amide bonds. The highest BCUT2D eigenvalue weighted by molar-refractivity contribution is 5.79. The minimum atomic E-state index is 0.300. The highest BCUT2D eigenvalue weighted by atomic mass is 16.5. The number of benzene rings is 1. The summed E-state index contributed by atoms with van der Waals surface area (Å²) in [6, 6.07) is 10.4. The van der Waals surface area contributed by atoms with Crippen LogP contribution < -0.4 is 0 Å². The van der Waals surface area contributed by atoms with Gasteiger partial charge in [-0.25, -0.2) is 0 Å². The van der Waals surface area contributed by atoms with E-state index in [1.807, 2.05) is 6.07 Å². The molecule has 114 valence electrons. The van der Waals surface area contributed by atoms with Gasteiger partial charge in [-0.15, -0.1) is 0 Å². The van der Waals surface area contributed by atoms with Crippen molar-refractivity contribution in [2.45, 2.75) is 58.7 Å². The lowest BCUT2D eigenvalue weighted by atomic mass is 9.56. The third kappa shape index (κ3) is 3.06. The Balaban J connectivity index is 1.64. The van der Waals surface area contributed by atoms with Gasteiger partial charge in [0.05, 0.1) is 12.7 Å². The van der Waals surface area contributed by atoms with Crippen molar-refractivity contribution in [2.24, 2.45) is 17.3 Å². The molecule has 0 heterocycles. The lowest BCUT2D eigenvalue weighted by Crippen LogP contribution is -2.47. The van der Waals surface area contributed by atoms with Crippen molar-refractivity contribution >= 4 is 5.78 Å². The van der Waals surface area contributed by atoms with E-state index in [0.29, 0.717) is 35.7 Å². The molecule has 2 nitrogen and oxygen atoms in total. The second kappa shape index (κ2) is 5.92. The van der Waals surface area contributed by atoms with Crippen LogP contribution in [0.1, 0.15) is 51.5 Å². The summed E-state index contributed by atoms with van der Waals surface area (Å²) >= 11 is 0. The summed E-state index contributed by atoms with van der Waals surface area (Å²) in [4.78, 5) is 11.9. The van der Waals surface area contributed by atoms with E-state index in [1.54, 1.807) is 0 Å². The molecule has 0 bridgehead atoms. The quantitative estimate of drug-likeness (QED) is 0.824. The summed E-state index contributed by atoms with van der Waals surface area (Å²) in [7, 11) is 0. The largest absolute Gasteiger partial charge is 0.373 e. The summed E-state index contributed by atoms with van der Waals surface area (Å²) < 4.78 is 6.20. The molecule has 2 saturated carbocycles. The van der Waals surface area contributed by atoms with Crippen LogP contribution in [0.15, 0.2) is 30.3 Å². The fourth-order valence-electron chi connectivity index (χ4n) is 4.34. The number of hydrogen-bond acceptors (Lipinski definition) is 2. The zero-order chi connectivity index (χ0) is 14.9. The van der Waals surface area contributed by atoms with Crippen molar-refractivity contribution in [3.8, 4) is 0 Å². The topological polar surface area (TPSA) is 26.3 Å². The highest BCUT2D eigenvalue weighted by Crippen LogP contribution is 2.52. The minimum absolute atomic E-state index is 0.300. The average Bonchev–Trinajstić information content (AvgIpc) is 2.50. The van der Waals surface area contributed by atoms with Gasteiger partial charge in [0.25, 0.3) is 0 Å². The molecule has 0 spiro atoms. The fraction of sp³-hybridized carbons (Fsp3) is 0.632. The Morgan fingerprint density at radius 3 is 2.76 bits per heavy atom. The number of Topliss-reactive ketones (excluding diaryl/α,β-unsaturated/α-hetero) is 1. The molecule has 1 unspecified atom stereocenters. The van der Waals surface area contributed by atoms with E-state index >= 15 is 0 Å². The molecule has 0 aliphatic heterocycles. The van der Waals surface area contributed by atoms with Crippen LogP contribution in [-0.2, 0) is 16.1 Å². The van der Waals surface area contributed by atoms with Crippen LogP contribution in [0.4, 0.5) is 0 Å². The second-order valence-corrected chi connectivity index (χ2v) is 7.24. The standard InChI is InChI=1S/C19H26O2/c1-14-17-12-16(20)8-10-19(17,2)11-9-18(14)21-13-15-6-4-3-5-7-15/h3-7,14,17-18H,8-13H2,1-2H3/t14-,17?,18-,19-/m0/s1. The molecule has 21 heavy (non-hydrogen) atoms. The summed E-state index contributed by atoms with van der Waals surface area (Å²) in [5.41, 5.74) is 1.60. The summed E-state index contributed by atoms with van der Waals surface area (Å²) in [6.45, 7) is 5.36. The maximum atomic E-state index is 11.9. The second-order valence-electron chi connectivity index (χ2n) is 7.24. The Morgan fingerprint density at radius 1 is 1.24 bits per heavy atom. The first-order valence-electron chi connectivity index (χ1n) is 8.26. The van der Waals surface area contributed by atoms with E-state index in [0.717, 1.165) is 25.7 Å². The van der Waals surface area contributed by atoms with Gasteiger partial charge in [0, 0.05) is 12.8 Å². The van der Waals surface area contributed by atoms with E-state index in [4.69, 9.17) is 4.74 Å². The molecule has 0 saturated heterocycles. The first kappa shape index (κ1) is 14.8. The number of fused-ring (bicyclic) bond motifs is 1. The molecular formula is C19H26O2. The predicted octanol–water partition coefficient (Wildman–Crippen LogP) is 4.38. The average molecular weight is 286 g/mol. The minimum Gasteiger partial charge on any atom is -0.373 e. The molecule has 2 fully saturated rings. The number of ketones is 1. The Kier molecular flexibility index (Phi) is 4.17. The third-order valence-corrected chi connectivity index (χ3v) is 5.85. The molecule has 1 aromatic rings. The number of hydrogen-bond donors (Lipinski definition) is 0. The molecule has 4 atom stereocenters. The maximum absolute atomic E-state index is 11.9. The Morgan fingerprint density at radius 2 is 2.00 bits per heavy atom. The van der Waals surface area contributed by atoms with Crippen LogP contribution in [0.2, 0.25) is 0 Å². The predicted molar refractivity (Wildman–Crippen MR) is 83.9 cm³/mol. The van der Waals surface area contributed by atoms with E-state index in [1.165, 1.54) is 12.0 Å². The summed E-state index contributed by atoms with van der Waals surface area (Å²) in [5.74, 6) is 1.44. The van der Waals surface area contributed by atoms with Gasteiger partial charge in [0.1, 0.15) is 5.78 Å². The number of ether oxygens (including phenoxy) is 1. The Hall–Kier alpha value is -1.15. The van der Waals surface area contributed by atoms with Crippen LogP contribution in [-0.4, -0.2) is 11.9 Å². The van der Waals surface area contributed by atoms with Gasteiger partial charge >= 0.3 is 0 Å². The van der Waals surface area contributed by atoms with Gasteiger partial charge in [0.15, 0.2) is 0 Å². The smallest absolute Gasteiger partial charge is 0.133 e.